The van der Waals surface area contributed by atoms with Crippen molar-refractivity contribution in [1.82, 2.24) is 15.1 Å². The van der Waals surface area contributed by atoms with Crippen molar-refractivity contribution in [1.29, 1.82) is 0 Å². The van der Waals surface area contributed by atoms with E-state index in [9.17, 15) is 4.79 Å². The van der Waals surface area contributed by atoms with Gasteiger partial charge in [-0.25, -0.2) is 4.79 Å². The van der Waals surface area contributed by atoms with Gasteiger partial charge in [0.25, 0.3) is 0 Å². The molecule has 3 aromatic rings. The number of hydrogen-bond donors (Lipinski definition) is 1. The minimum atomic E-state index is -0.179. The van der Waals surface area contributed by atoms with Crippen molar-refractivity contribution < 1.29 is 9.53 Å². The van der Waals surface area contributed by atoms with E-state index in [1.807, 2.05) is 12.1 Å². The van der Waals surface area contributed by atoms with Gasteiger partial charge < -0.3 is 19.9 Å². The van der Waals surface area contributed by atoms with Crippen LogP contribution in [0.5, 0.6) is 5.75 Å². The Bertz CT molecular complexity index is 1110. The van der Waals surface area contributed by atoms with Crippen LogP contribution in [0.25, 0.3) is 11.3 Å². The van der Waals surface area contributed by atoms with Gasteiger partial charge in [0.15, 0.2) is 5.82 Å². The van der Waals surface area contributed by atoms with Crippen LogP contribution in [0.1, 0.15) is 11.1 Å². The van der Waals surface area contributed by atoms with Crippen molar-refractivity contribution in [3.63, 3.8) is 0 Å². The standard InChI is InChI=1S/C24H26ClN5O2/c1-16-4-5-18(14-17(16)2)20-7-9-23(28-27-20)29-10-12-30(13-11-29)24(31)26-21-15-19(25)6-8-22(21)32-3/h4-9,14-15H,10-13H2,1-3H3,(H,26,31). The van der Waals surface area contributed by atoms with Gasteiger partial charge in [0.1, 0.15) is 5.75 Å². The molecule has 0 spiro atoms. The molecule has 0 atom stereocenters. The molecule has 32 heavy (non-hydrogen) atoms. The second-order valence-electron chi connectivity index (χ2n) is 7.82. The molecule has 0 radical (unpaired) electrons. The predicted molar refractivity (Wildman–Crippen MR) is 128 cm³/mol. The lowest BCUT2D eigenvalue weighted by atomic mass is 10.0. The molecular weight excluding hydrogens is 426 g/mol. The smallest absolute Gasteiger partial charge is 0.322 e. The number of nitrogens with zero attached hydrogens (tertiary/aromatic N) is 4. The highest BCUT2D eigenvalue weighted by molar-refractivity contribution is 6.31. The number of benzene rings is 2. The van der Waals surface area contributed by atoms with Crippen LogP contribution in [0.3, 0.4) is 0 Å². The van der Waals surface area contributed by atoms with Crippen molar-refractivity contribution in [2.45, 2.75) is 13.8 Å². The molecule has 0 unspecified atom stereocenters. The number of ether oxygens (including phenoxy) is 1. The van der Waals surface area contributed by atoms with E-state index < -0.39 is 0 Å². The number of carbonyl (C=O) groups excluding carboxylic acids is 1. The fourth-order valence-corrected chi connectivity index (χ4v) is 3.83. The van der Waals surface area contributed by atoms with Crippen molar-refractivity contribution in [3.8, 4) is 17.0 Å². The van der Waals surface area contributed by atoms with E-state index in [-0.39, 0.29) is 6.03 Å². The molecule has 2 amide bonds. The molecule has 0 aliphatic carbocycles. The maximum absolute atomic E-state index is 12.7. The third kappa shape index (κ3) is 4.78. The van der Waals surface area contributed by atoms with E-state index >= 15 is 0 Å². The molecule has 0 saturated carbocycles. The van der Waals surface area contributed by atoms with Crippen LogP contribution in [-0.4, -0.2) is 54.4 Å². The molecule has 2 heterocycles. The van der Waals surface area contributed by atoms with Gasteiger partial charge in [-0.05, 0) is 61.4 Å². The first-order valence-corrected chi connectivity index (χ1v) is 10.9. The molecule has 8 heteroatoms. The molecular formula is C24H26ClN5O2. The minimum absolute atomic E-state index is 0.179. The predicted octanol–water partition coefficient (Wildman–Crippen LogP) is 4.78. The first-order valence-electron chi connectivity index (χ1n) is 10.5. The molecule has 0 bridgehead atoms. The van der Waals surface area contributed by atoms with Crippen LogP contribution in [0.4, 0.5) is 16.3 Å². The maximum atomic E-state index is 12.7. The molecule has 1 aromatic heterocycles. The van der Waals surface area contributed by atoms with Gasteiger partial charge in [0, 0.05) is 36.8 Å². The Hall–Kier alpha value is -3.32. The second-order valence-corrected chi connectivity index (χ2v) is 8.26. The molecule has 1 N–H and O–H groups in total. The zero-order valence-corrected chi connectivity index (χ0v) is 19.2. The number of amides is 2. The van der Waals surface area contributed by atoms with Crippen molar-refractivity contribution in [2.24, 2.45) is 0 Å². The summed E-state index contributed by atoms with van der Waals surface area (Å²) in [6, 6.07) is 15.2. The fraction of sp³-hybridized carbons (Fsp3) is 0.292. The number of anilines is 2. The van der Waals surface area contributed by atoms with Crippen LogP contribution in [-0.2, 0) is 0 Å². The molecule has 4 rings (SSSR count). The monoisotopic (exact) mass is 451 g/mol. The van der Waals surface area contributed by atoms with Crippen LogP contribution in [0, 0.1) is 13.8 Å². The van der Waals surface area contributed by atoms with Crippen LogP contribution < -0.4 is 15.0 Å². The Morgan fingerprint density at radius 1 is 0.969 bits per heavy atom. The zero-order chi connectivity index (χ0) is 22.7. The Morgan fingerprint density at radius 3 is 2.41 bits per heavy atom. The Kier molecular flexibility index (Phi) is 6.46. The van der Waals surface area contributed by atoms with E-state index in [0.29, 0.717) is 42.6 Å². The lowest BCUT2D eigenvalue weighted by Gasteiger charge is -2.35. The van der Waals surface area contributed by atoms with Gasteiger partial charge in [-0.1, -0.05) is 23.7 Å². The normalized spacial score (nSPS) is 13.8. The van der Waals surface area contributed by atoms with Crippen molar-refractivity contribution in [3.05, 3.63) is 64.7 Å². The van der Waals surface area contributed by atoms with Gasteiger partial charge in [-0.2, -0.15) is 0 Å². The lowest BCUT2D eigenvalue weighted by molar-refractivity contribution is 0.208. The Balaban J connectivity index is 1.37. The number of carbonyl (C=O) groups is 1. The molecule has 1 aliphatic rings. The summed E-state index contributed by atoms with van der Waals surface area (Å²) in [5, 5.41) is 12.3. The third-order valence-corrected chi connectivity index (χ3v) is 5.98. The number of aryl methyl sites for hydroxylation is 2. The van der Waals surface area contributed by atoms with E-state index in [1.165, 1.54) is 11.1 Å². The number of halogens is 1. The van der Waals surface area contributed by atoms with E-state index in [4.69, 9.17) is 16.3 Å². The van der Waals surface area contributed by atoms with Gasteiger partial charge in [-0.15, -0.1) is 10.2 Å². The van der Waals surface area contributed by atoms with Crippen molar-refractivity contribution >= 4 is 29.1 Å². The SMILES string of the molecule is COc1ccc(Cl)cc1NC(=O)N1CCN(c2ccc(-c3ccc(C)c(C)c3)nn2)CC1. The van der Waals surface area contributed by atoms with Crippen LogP contribution >= 0.6 is 11.6 Å². The highest BCUT2D eigenvalue weighted by atomic mass is 35.5. The fourth-order valence-electron chi connectivity index (χ4n) is 3.66. The highest BCUT2D eigenvalue weighted by Gasteiger charge is 2.23. The van der Waals surface area contributed by atoms with Gasteiger partial charge >= 0.3 is 6.03 Å². The number of urea groups is 1. The summed E-state index contributed by atoms with van der Waals surface area (Å²) in [5.74, 6) is 1.38. The molecule has 166 valence electrons. The first kappa shape index (κ1) is 21.9. The van der Waals surface area contributed by atoms with Gasteiger partial charge in [0.05, 0.1) is 18.5 Å². The summed E-state index contributed by atoms with van der Waals surface area (Å²) in [7, 11) is 1.56. The molecule has 1 fully saturated rings. The average Bonchev–Trinajstić information content (AvgIpc) is 2.81. The van der Waals surface area contributed by atoms with Crippen molar-refractivity contribution in [2.75, 3.05) is 43.5 Å². The van der Waals surface area contributed by atoms with Crippen LogP contribution in [0.2, 0.25) is 5.02 Å². The molecule has 1 aliphatic heterocycles. The summed E-state index contributed by atoms with van der Waals surface area (Å²) >= 11 is 6.05. The Labute approximate surface area is 193 Å². The number of nitrogens with one attached hydrogen (secondary N) is 1. The largest absolute Gasteiger partial charge is 0.495 e. The summed E-state index contributed by atoms with van der Waals surface area (Å²) in [6.07, 6.45) is 0. The minimum Gasteiger partial charge on any atom is -0.495 e. The summed E-state index contributed by atoms with van der Waals surface area (Å²) in [5.41, 5.74) is 4.96. The lowest BCUT2D eigenvalue weighted by Crippen LogP contribution is -2.50. The summed E-state index contributed by atoms with van der Waals surface area (Å²) in [6.45, 7) is 6.71. The van der Waals surface area contributed by atoms with E-state index in [2.05, 4.69) is 52.5 Å². The zero-order valence-electron chi connectivity index (χ0n) is 18.4. The topological polar surface area (TPSA) is 70.6 Å². The third-order valence-electron chi connectivity index (χ3n) is 5.75. The average molecular weight is 452 g/mol. The number of piperazine rings is 1. The number of aromatic nitrogens is 2. The molecule has 1 saturated heterocycles. The highest BCUT2D eigenvalue weighted by Crippen LogP contribution is 2.28. The van der Waals surface area contributed by atoms with E-state index in [0.717, 1.165) is 17.1 Å². The number of rotatable bonds is 4. The second kappa shape index (κ2) is 9.44. The summed E-state index contributed by atoms with van der Waals surface area (Å²) < 4.78 is 5.30. The van der Waals surface area contributed by atoms with Gasteiger partial charge in [-0.3, -0.25) is 0 Å². The molecule has 2 aromatic carbocycles. The van der Waals surface area contributed by atoms with E-state index in [1.54, 1.807) is 30.2 Å². The van der Waals surface area contributed by atoms with Crippen LogP contribution in [0.15, 0.2) is 48.5 Å². The number of hydrogen-bond acceptors (Lipinski definition) is 5. The Morgan fingerprint density at radius 2 is 1.75 bits per heavy atom. The maximum Gasteiger partial charge on any atom is 0.322 e. The summed E-state index contributed by atoms with van der Waals surface area (Å²) in [4.78, 5) is 16.6. The van der Waals surface area contributed by atoms with Gasteiger partial charge in [0.2, 0.25) is 0 Å². The first-order chi connectivity index (χ1) is 15.4. The quantitative estimate of drug-likeness (QED) is 0.618. The molecule has 7 nitrogen and oxygen atoms in total. The number of methoxy groups -OCH3 is 1.